The van der Waals surface area contributed by atoms with Crippen molar-refractivity contribution in [3.05, 3.63) is 30.3 Å². The Balaban J connectivity index is 2.16. The average Bonchev–Trinajstić information content (AvgIpc) is 3.00. The molecule has 0 bridgehead atoms. The lowest BCUT2D eigenvalue weighted by atomic mass is 9.96. The molecule has 6 unspecified atom stereocenters. The maximum Gasteiger partial charge on any atom is 0.303 e. The van der Waals surface area contributed by atoms with Crippen LogP contribution in [-0.4, -0.2) is 116 Å². The molecule has 17 nitrogen and oxygen atoms in total. The third-order valence-corrected chi connectivity index (χ3v) is 8.04. The molecular weight excluding hydrogens is 688 g/mol. The highest BCUT2D eigenvalue weighted by Crippen LogP contribution is 2.39. The molecule has 1 aromatic carbocycles. The Hall–Kier alpha value is -4.26. The van der Waals surface area contributed by atoms with E-state index in [1.54, 1.807) is 30.3 Å². The molecule has 2 heterocycles. The van der Waals surface area contributed by atoms with E-state index in [9.17, 15) is 33.6 Å². The number of carbonyl (C=O) groups is 7. The molecule has 50 heavy (non-hydrogen) atoms. The Labute approximate surface area is 291 Å². The van der Waals surface area contributed by atoms with Crippen LogP contribution in [0.25, 0.3) is 0 Å². The number of hydrogen-bond acceptors (Lipinski definition) is 18. The molecule has 2 aliphatic rings. The SMILES string of the molecule is CC(=O)OCC1O[C@H](O[C@@H]2C(COC(C)=O)O[C@@H](Sc3ccccc3)C(OC(C)=O)C2OC(C)=O)C(OC(C)=O)C(OC(C)=O)[C@@H]1OC(C)=O. The zero-order chi connectivity index (χ0) is 37.1. The third-order valence-electron chi connectivity index (χ3n) is 6.88. The Morgan fingerprint density at radius 3 is 1.42 bits per heavy atom. The number of thioether (sulfide) groups is 1. The van der Waals surface area contributed by atoms with Crippen molar-refractivity contribution >= 4 is 53.5 Å². The molecule has 1 aromatic rings. The maximum absolute atomic E-state index is 12.5. The van der Waals surface area contributed by atoms with E-state index in [0.29, 0.717) is 4.90 Å². The van der Waals surface area contributed by atoms with Gasteiger partial charge in [-0.05, 0) is 12.1 Å². The minimum absolute atomic E-state index is 0.471. The van der Waals surface area contributed by atoms with Gasteiger partial charge in [0.2, 0.25) is 0 Å². The van der Waals surface area contributed by atoms with Crippen LogP contribution in [0.4, 0.5) is 0 Å². The average molecular weight is 729 g/mol. The van der Waals surface area contributed by atoms with Gasteiger partial charge >= 0.3 is 41.8 Å². The molecule has 0 radical (unpaired) electrons. The summed E-state index contributed by atoms with van der Waals surface area (Å²) in [6, 6.07) is 8.85. The summed E-state index contributed by atoms with van der Waals surface area (Å²) in [7, 11) is 0. The summed E-state index contributed by atoms with van der Waals surface area (Å²) in [5, 5.41) is 0. The molecule has 2 aliphatic heterocycles. The Kier molecular flexibility index (Phi) is 15.0. The van der Waals surface area contributed by atoms with Crippen LogP contribution in [-0.2, 0) is 80.9 Å². The van der Waals surface area contributed by atoms with Gasteiger partial charge in [0.1, 0.15) is 37.0 Å². The second-order valence-corrected chi connectivity index (χ2v) is 12.3. The van der Waals surface area contributed by atoms with E-state index >= 15 is 0 Å². The molecule has 2 fully saturated rings. The first-order valence-corrected chi connectivity index (χ1v) is 16.2. The van der Waals surface area contributed by atoms with Gasteiger partial charge in [0, 0.05) is 53.4 Å². The van der Waals surface area contributed by atoms with Crippen molar-refractivity contribution in [2.45, 2.75) is 114 Å². The van der Waals surface area contributed by atoms with E-state index in [0.717, 1.165) is 60.2 Å². The standard InChI is InChI=1S/C32H40O17S/c1-15(33)40-13-23-25(42-17(3)35)27(43-18(4)36)29(45-20(6)38)31(47-23)49-26-24(14-41-16(2)34)48-32(50-22-11-9-8-10-12-22)30(46-21(7)39)28(26)44-19(5)37/h8-12,23-32H,13-14H2,1-7H3/t23?,24?,25-,26-,27?,28?,29?,30?,31-,32+/m1/s1. The van der Waals surface area contributed by atoms with Crippen molar-refractivity contribution in [2.75, 3.05) is 13.2 Å². The number of ether oxygens (including phenoxy) is 10. The molecule has 18 heteroatoms. The molecule has 0 spiro atoms. The lowest BCUT2D eigenvalue weighted by molar-refractivity contribution is -0.341. The highest BCUT2D eigenvalue weighted by atomic mass is 32.2. The first-order chi connectivity index (χ1) is 23.5. The summed E-state index contributed by atoms with van der Waals surface area (Å²) in [5.74, 6) is -5.63. The molecule has 0 saturated carbocycles. The van der Waals surface area contributed by atoms with E-state index in [4.69, 9.17) is 47.4 Å². The first kappa shape index (κ1) is 40.2. The zero-order valence-corrected chi connectivity index (χ0v) is 29.2. The largest absolute Gasteiger partial charge is 0.463 e. The van der Waals surface area contributed by atoms with Gasteiger partial charge in [-0.15, -0.1) is 0 Å². The topological polar surface area (TPSA) is 212 Å². The quantitative estimate of drug-likeness (QED) is 0.207. The fraction of sp³-hybridized carbons (Fsp3) is 0.594. The predicted octanol–water partition coefficient (Wildman–Crippen LogP) is 1.40. The lowest BCUT2D eigenvalue weighted by Gasteiger charge is -2.48. The van der Waals surface area contributed by atoms with Crippen LogP contribution in [0.5, 0.6) is 0 Å². The zero-order valence-electron chi connectivity index (χ0n) is 28.4. The number of esters is 7. The molecule has 10 atom stereocenters. The number of rotatable bonds is 13. The number of hydrogen-bond donors (Lipinski definition) is 0. The first-order valence-electron chi connectivity index (χ1n) is 15.4. The van der Waals surface area contributed by atoms with Crippen LogP contribution in [0, 0.1) is 0 Å². The molecule has 0 amide bonds. The van der Waals surface area contributed by atoms with E-state index in [2.05, 4.69) is 0 Å². The predicted molar refractivity (Wildman–Crippen MR) is 166 cm³/mol. The van der Waals surface area contributed by atoms with E-state index < -0.39 is 116 Å². The molecule has 276 valence electrons. The second kappa shape index (κ2) is 18.7. The van der Waals surface area contributed by atoms with E-state index in [-0.39, 0.29) is 0 Å². The molecule has 0 aliphatic carbocycles. The van der Waals surface area contributed by atoms with Gasteiger partial charge < -0.3 is 47.4 Å². The van der Waals surface area contributed by atoms with Crippen LogP contribution in [0.3, 0.4) is 0 Å². The van der Waals surface area contributed by atoms with Gasteiger partial charge in [0.05, 0.1) is 0 Å². The van der Waals surface area contributed by atoms with Gasteiger partial charge in [-0.1, -0.05) is 30.0 Å². The van der Waals surface area contributed by atoms with Crippen molar-refractivity contribution in [1.29, 1.82) is 0 Å². The Morgan fingerprint density at radius 2 is 0.940 bits per heavy atom. The van der Waals surface area contributed by atoms with Crippen molar-refractivity contribution < 1.29 is 80.9 Å². The van der Waals surface area contributed by atoms with Gasteiger partial charge in [0.15, 0.2) is 36.8 Å². The second-order valence-electron chi connectivity index (χ2n) is 11.1. The molecule has 0 N–H and O–H groups in total. The van der Waals surface area contributed by atoms with Gasteiger partial charge in [0.25, 0.3) is 0 Å². The Bertz CT molecular complexity index is 1390. The molecule has 3 rings (SSSR count). The van der Waals surface area contributed by atoms with E-state index in [1.807, 2.05) is 0 Å². The van der Waals surface area contributed by atoms with Crippen molar-refractivity contribution in [3.63, 3.8) is 0 Å². The van der Waals surface area contributed by atoms with Crippen LogP contribution >= 0.6 is 11.8 Å². The molecular formula is C32H40O17S. The van der Waals surface area contributed by atoms with Crippen LogP contribution in [0.1, 0.15) is 48.5 Å². The fourth-order valence-corrected chi connectivity index (χ4v) is 6.33. The van der Waals surface area contributed by atoms with Crippen molar-refractivity contribution in [2.24, 2.45) is 0 Å². The minimum atomic E-state index is -1.75. The summed E-state index contributed by atoms with van der Waals surface area (Å²) in [5.41, 5.74) is -1.05. The van der Waals surface area contributed by atoms with Crippen molar-refractivity contribution in [3.8, 4) is 0 Å². The maximum atomic E-state index is 12.5. The molecule has 2 saturated heterocycles. The van der Waals surface area contributed by atoms with Gasteiger partial charge in [-0.25, -0.2) is 0 Å². The highest BCUT2D eigenvalue weighted by molar-refractivity contribution is 7.99. The van der Waals surface area contributed by atoms with E-state index in [1.165, 1.54) is 0 Å². The van der Waals surface area contributed by atoms with Gasteiger partial charge in [-0.2, -0.15) is 0 Å². The number of carbonyl (C=O) groups excluding carboxylic acids is 7. The molecule has 0 aromatic heterocycles. The summed E-state index contributed by atoms with van der Waals surface area (Å²) in [6.45, 7) is 6.66. The summed E-state index contributed by atoms with van der Waals surface area (Å²) in [4.78, 5) is 86.2. The summed E-state index contributed by atoms with van der Waals surface area (Å²) in [6.07, 6.45) is -13.4. The highest BCUT2D eigenvalue weighted by Gasteiger charge is 2.57. The Morgan fingerprint density at radius 1 is 0.520 bits per heavy atom. The number of benzene rings is 1. The summed E-state index contributed by atoms with van der Waals surface area (Å²) < 4.78 is 56.8. The van der Waals surface area contributed by atoms with Crippen LogP contribution in [0.2, 0.25) is 0 Å². The van der Waals surface area contributed by atoms with Crippen LogP contribution in [0.15, 0.2) is 35.2 Å². The minimum Gasteiger partial charge on any atom is -0.463 e. The van der Waals surface area contributed by atoms with Crippen LogP contribution < -0.4 is 0 Å². The monoisotopic (exact) mass is 728 g/mol. The van der Waals surface area contributed by atoms with Crippen molar-refractivity contribution in [1.82, 2.24) is 0 Å². The normalized spacial score (nSPS) is 29.0. The summed E-state index contributed by atoms with van der Waals surface area (Å²) >= 11 is 1.12. The lowest BCUT2D eigenvalue weighted by Crippen LogP contribution is -2.66. The third kappa shape index (κ3) is 12.0. The van der Waals surface area contributed by atoms with Gasteiger partial charge in [-0.3, -0.25) is 33.6 Å². The fourth-order valence-electron chi connectivity index (χ4n) is 5.20. The smallest absolute Gasteiger partial charge is 0.303 e.